The summed E-state index contributed by atoms with van der Waals surface area (Å²) in [5.74, 6) is 0.575. The molecule has 2 amide bonds. The fourth-order valence-electron chi connectivity index (χ4n) is 2.80. The quantitative estimate of drug-likeness (QED) is 0.777. The summed E-state index contributed by atoms with van der Waals surface area (Å²) in [6.45, 7) is 0.935. The maximum Gasteiger partial charge on any atom is 0.253 e. The van der Waals surface area contributed by atoms with Crippen LogP contribution in [0.1, 0.15) is 33.6 Å². The first-order valence-electron chi connectivity index (χ1n) is 8.98. The summed E-state index contributed by atoms with van der Waals surface area (Å²) in [4.78, 5) is 38.0. The summed E-state index contributed by atoms with van der Waals surface area (Å²) in [5, 5.41) is 2.73. The average Bonchev–Trinajstić information content (AvgIpc) is 2.71. The standard InChI is InChI=1S/C21H22N2O5/c1-23(2)21(26)15-4-3-5-16(12-15)22-20(25)9-7-17(24)14-6-8-18-19(13-14)28-11-10-27-18/h3-6,8,12-13H,7,9-11H2,1-2H3,(H,22,25). The van der Waals surface area contributed by atoms with E-state index in [0.29, 0.717) is 41.5 Å². The highest BCUT2D eigenvalue weighted by Gasteiger charge is 2.16. The highest BCUT2D eigenvalue weighted by atomic mass is 16.6. The van der Waals surface area contributed by atoms with E-state index in [0.717, 1.165) is 0 Å². The van der Waals surface area contributed by atoms with Crippen molar-refractivity contribution in [2.45, 2.75) is 12.8 Å². The first-order chi connectivity index (χ1) is 13.4. The molecule has 0 atom stereocenters. The van der Waals surface area contributed by atoms with E-state index in [2.05, 4.69) is 5.32 Å². The molecule has 0 saturated heterocycles. The molecule has 0 aromatic heterocycles. The van der Waals surface area contributed by atoms with Crippen LogP contribution in [0.15, 0.2) is 42.5 Å². The van der Waals surface area contributed by atoms with E-state index in [4.69, 9.17) is 9.47 Å². The predicted molar refractivity (Wildman–Crippen MR) is 104 cm³/mol. The fourth-order valence-corrected chi connectivity index (χ4v) is 2.80. The summed E-state index contributed by atoms with van der Waals surface area (Å²) >= 11 is 0. The lowest BCUT2D eigenvalue weighted by Gasteiger charge is -2.18. The molecule has 0 unspecified atom stereocenters. The van der Waals surface area contributed by atoms with E-state index < -0.39 is 0 Å². The van der Waals surface area contributed by atoms with Crippen molar-refractivity contribution in [1.82, 2.24) is 4.90 Å². The van der Waals surface area contributed by atoms with Crippen LogP contribution in [-0.2, 0) is 4.79 Å². The van der Waals surface area contributed by atoms with Crippen molar-refractivity contribution in [3.8, 4) is 11.5 Å². The Bertz CT molecular complexity index is 907. The van der Waals surface area contributed by atoms with Gasteiger partial charge in [-0.15, -0.1) is 0 Å². The zero-order valence-electron chi connectivity index (χ0n) is 15.9. The molecule has 28 heavy (non-hydrogen) atoms. The van der Waals surface area contributed by atoms with Gasteiger partial charge in [0.2, 0.25) is 5.91 Å². The summed E-state index contributed by atoms with van der Waals surface area (Å²) in [7, 11) is 3.33. The zero-order chi connectivity index (χ0) is 20.1. The fraction of sp³-hybridized carbons (Fsp3) is 0.286. The van der Waals surface area contributed by atoms with Crippen LogP contribution in [0, 0.1) is 0 Å². The molecular formula is C21H22N2O5. The van der Waals surface area contributed by atoms with Crippen molar-refractivity contribution in [1.29, 1.82) is 0 Å². The van der Waals surface area contributed by atoms with Crippen LogP contribution in [0.4, 0.5) is 5.69 Å². The minimum absolute atomic E-state index is 0.0408. The topological polar surface area (TPSA) is 84.9 Å². The van der Waals surface area contributed by atoms with Crippen molar-refractivity contribution < 1.29 is 23.9 Å². The largest absolute Gasteiger partial charge is 0.486 e. The summed E-state index contributed by atoms with van der Waals surface area (Å²) < 4.78 is 10.9. The number of hydrogen-bond acceptors (Lipinski definition) is 5. The molecule has 0 radical (unpaired) electrons. The van der Waals surface area contributed by atoms with Crippen LogP contribution in [-0.4, -0.2) is 49.8 Å². The number of carbonyl (C=O) groups excluding carboxylic acids is 3. The van der Waals surface area contributed by atoms with Gasteiger partial charge < -0.3 is 19.7 Å². The van der Waals surface area contributed by atoms with Crippen molar-refractivity contribution in [2.75, 3.05) is 32.6 Å². The van der Waals surface area contributed by atoms with Crippen LogP contribution in [0.25, 0.3) is 0 Å². The number of hydrogen-bond donors (Lipinski definition) is 1. The summed E-state index contributed by atoms with van der Waals surface area (Å²) in [6, 6.07) is 11.7. The van der Waals surface area contributed by atoms with Gasteiger partial charge in [-0.25, -0.2) is 0 Å². The van der Waals surface area contributed by atoms with E-state index >= 15 is 0 Å². The number of rotatable bonds is 6. The van der Waals surface area contributed by atoms with Gasteiger partial charge in [-0.3, -0.25) is 14.4 Å². The van der Waals surface area contributed by atoms with Gasteiger partial charge in [0.1, 0.15) is 13.2 Å². The van der Waals surface area contributed by atoms with Crippen molar-refractivity contribution in [2.24, 2.45) is 0 Å². The first kappa shape index (κ1) is 19.4. The second-order valence-electron chi connectivity index (χ2n) is 6.61. The Morgan fingerprint density at radius 3 is 2.43 bits per heavy atom. The normalized spacial score (nSPS) is 12.2. The lowest BCUT2D eigenvalue weighted by Crippen LogP contribution is -2.22. The van der Waals surface area contributed by atoms with Crippen LogP contribution in [0.5, 0.6) is 11.5 Å². The highest BCUT2D eigenvalue weighted by molar-refractivity contribution is 6.01. The number of nitrogens with one attached hydrogen (secondary N) is 1. The van der Waals surface area contributed by atoms with Crippen molar-refractivity contribution in [3.63, 3.8) is 0 Å². The maximum absolute atomic E-state index is 12.4. The number of amides is 2. The molecule has 1 aliphatic heterocycles. The Hall–Kier alpha value is -3.35. The van der Waals surface area contributed by atoms with E-state index in [-0.39, 0.29) is 30.4 Å². The minimum Gasteiger partial charge on any atom is -0.486 e. The average molecular weight is 382 g/mol. The SMILES string of the molecule is CN(C)C(=O)c1cccc(NC(=O)CCC(=O)c2ccc3c(c2)OCCO3)c1. The lowest BCUT2D eigenvalue weighted by molar-refractivity contribution is -0.116. The molecule has 7 heteroatoms. The molecule has 1 N–H and O–H groups in total. The number of anilines is 1. The second kappa shape index (κ2) is 8.56. The summed E-state index contributed by atoms with van der Waals surface area (Å²) in [6.07, 6.45) is 0.112. The number of fused-ring (bicyclic) bond motifs is 1. The summed E-state index contributed by atoms with van der Waals surface area (Å²) in [5.41, 5.74) is 1.48. The number of Topliss-reactive ketones (excluding diaryl/α,β-unsaturated/α-hetero) is 1. The smallest absolute Gasteiger partial charge is 0.253 e. The van der Waals surface area contributed by atoms with E-state index in [1.165, 1.54) is 4.90 Å². The molecule has 0 saturated carbocycles. The van der Waals surface area contributed by atoms with E-state index in [1.807, 2.05) is 0 Å². The Morgan fingerprint density at radius 1 is 0.929 bits per heavy atom. The van der Waals surface area contributed by atoms with Gasteiger partial charge >= 0.3 is 0 Å². The van der Waals surface area contributed by atoms with Gasteiger partial charge in [0.25, 0.3) is 5.91 Å². The number of carbonyl (C=O) groups is 3. The van der Waals surface area contributed by atoms with Gasteiger partial charge in [-0.05, 0) is 36.4 Å². The van der Waals surface area contributed by atoms with Crippen molar-refractivity contribution >= 4 is 23.3 Å². The van der Waals surface area contributed by atoms with Crippen LogP contribution in [0.2, 0.25) is 0 Å². The molecule has 7 nitrogen and oxygen atoms in total. The number of ether oxygens (including phenoxy) is 2. The number of benzene rings is 2. The maximum atomic E-state index is 12.4. The van der Waals surface area contributed by atoms with Crippen LogP contribution >= 0.6 is 0 Å². The molecular weight excluding hydrogens is 360 g/mol. The van der Waals surface area contributed by atoms with Gasteiger partial charge in [-0.2, -0.15) is 0 Å². The zero-order valence-corrected chi connectivity index (χ0v) is 15.9. The number of ketones is 1. The third-order valence-electron chi connectivity index (χ3n) is 4.24. The van der Waals surface area contributed by atoms with Gasteiger partial charge in [0, 0.05) is 43.8 Å². The minimum atomic E-state index is -0.291. The van der Waals surface area contributed by atoms with Crippen molar-refractivity contribution in [3.05, 3.63) is 53.6 Å². The third-order valence-corrected chi connectivity index (χ3v) is 4.24. The second-order valence-corrected chi connectivity index (χ2v) is 6.61. The molecule has 0 spiro atoms. The molecule has 2 aromatic rings. The highest BCUT2D eigenvalue weighted by Crippen LogP contribution is 2.31. The van der Waals surface area contributed by atoms with E-state index in [9.17, 15) is 14.4 Å². The van der Waals surface area contributed by atoms with Crippen LogP contribution in [0.3, 0.4) is 0 Å². The molecule has 0 fully saturated rings. The van der Waals surface area contributed by atoms with Gasteiger partial charge in [0.15, 0.2) is 17.3 Å². The molecule has 1 aliphatic rings. The van der Waals surface area contributed by atoms with Gasteiger partial charge in [-0.1, -0.05) is 6.07 Å². The molecule has 3 rings (SSSR count). The van der Waals surface area contributed by atoms with Gasteiger partial charge in [0.05, 0.1) is 0 Å². The monoisotopic (exact) mass is 382 g/mol. The molecule has 0 aliphatic carbocycles. The lowest BCUT2D eigenvalue weighted by atomic mass is 10.1. The molecule has 1 heterocycles. The third kappa shape index (κ3) is 4.68. The Balaban J connectivity index is 1.56. The van der Waals surface area contributed by atoms with E-state index in [1.54, 1.807) is 56.6 Å². The number of nitrogens with zero attached hydrogens (tertiary/aromatic N) is 1. The Labute approximate surface area is 163 Å². The Kier molecular flexibility index (Phi) is 5.93. The predicted octanol–water partition coefficient (Wildman–Crippen LogP) is 2.76. The molecule has 0 bridgehead atoms. The Morgan fingerprint density at radius 2 is 1.68 bits per heavy atom. The first-order valence-corrected chi connectivity index (χ1v) is 8.98. The van der Waals surface area contributed by atoms with Crippen LogP contribution < -0.4 is 14.8 Å². The molecule has 2 aromatic carbocycles. The molecule has 146 valence electrons.